The van der Waals surface area contributed by atoms with Gasteiger partial charge < -0.3 is 10.4 Å². The van der Waals surface area contributed by atoms with E-state index in [2.05, 4.69) is 15.3 Å². The monoisotopic (exact) mass is 195 g/mol. The van der Waals surface area contributed by atoms with E-state index in [1.54, 1.807) is 25.5 Å². The Balaban J connectivity index is 2.65. The molecule has 1 heterocycles. The van der Waals surface area contributed by atoms with Crippen molar-refractivity contribution >= 4 is 5.91 Å². The van der Waals surface area contributed by atoms with Crippen LogP contribution in [0.4, 0.5) is 0 Å². The molecule has 14 heavy (non-hydrogen) atoms. The van der Waals surface area contributed by atoms with Gasteiger partial charge in [0.05, 0.1) is 5.69 Å². The van der Waals surface area contributed by atoms with Crippen molar-refractivity contribution in [1.29, 1.82) is 0 Å². The molecule has 0 aliphatic carbocycles. The zero-order valence-electron chi connectivity index (χ0n) is 8.14. The Hall–Kier alpha value is -1.49. The Morgan fingerprint density at radius 2 is 2.29 bits per heavy atom. The fraction of sp³-hybridized carbons (Fsp3) is 0.444. The van der Waals surface area contributed by atoms with Crippen LogP contribution < -0.4 is 5.32 Å². The van der Waals surface area contributed by atoms with E-state index in [9.17, 15) is 9.90 Å². The van der Waals surface area contributed by atoms with E-state index in [-0.39, 0.29) is 11.8 Å². The van der Waals surface area contributed by atoms with Gasteiger partial charge >= 0.3 is 0 Å². The van der Waals surface area contributed by atoms with Gasteiger partial charge in [-0.3, -0.25) is 14.8 Å². The van der Waals surface area contributed by atoms with Gasteiger partial charge in [-0.05, 0) is 0 Å². The molecular weight excluding hydrogens is 182 g/mol. The molecule has 0 radical (unpaired) electrons. The van der Waals surface area contributed by atoms with Crippen LogP contribution in [0.1, 0.15) is 25.5 Å². The lowest BCUT2D eigenvalue weighted by Crippen LogP contribution is -2.37. The number of aromatic nitrogens is 2. The first-order valence-corrected chi connectivity index (χ1v) is 4.32. The summed E-state index contributed by atoms with van der Waals surface area (Å²) in [5.41, 5.74) is 0.647. The number of amides is 1. The minimum absolute atomic E-state index is 0.270. The average Bonchev–Trinajstić information content (AvgIpc) is 2.17. The molecule has 5 nitrogen and oxygen atoms in total. The van der Waals surface area contributed by atoms with E-state index in [1.807, 2.05) is 0 Å². The van der Waals surface area contributed by atoms with Gasteiger partial charge in [-0.15, -0.1) is 0 Å². The molecule has 0 aliphatic rings. The van der Waals surface area contributed by atoms with Gasteiger partial charge in [-0.25, -0.2) is 0 Å². The second-order valence-electron chi connectivity index (χ2n) is 3.06. The first kappa shape index (κ1) is 10.6. The Labute approximate surface area is 82.2 Å². The topological polar surface area (TPSA) is 75.1 Å². The summed E-state index contributed by atoms with van der Waals surface area (Å²) in [5, 5.41) is 11.9. The third-order valence-electron chi connectivity index (χ3n) is 1.87. The van der Waals surface area contributed by atoms with Crippen LogP contribution in [0.2, 0.25) is 0 Å². The van der Waals surface area contributed by atoms with Crippen LogP contribution in [-0.2, 0) is 4.79 Å². The standard InChI is InChI=1S/C9H13N3O2/c1-6(9(14)12-7(2)13)8-5-10-3-4-11-8/h3-6,9,14H,1-2H3,(H,12,13)/t6-,9+/m0/s1. The van der Waals surface area contributed by atoms with Gasteiger partial charge in [0.2, 0.25) is 5.91 Å². The lowest BCUT2D eigenvalue weighted by Gasteiger charge is -2.18. The second-order valence-corrected chi connectivity index (χ2v) is 3.06. The van der Waals surface area contributed by atoms with Gasteiger partial charge in [0.15, 0.2) is 0 Å². The second kappa shape index (κ2) is 4.66. The van der Waals surface area contributed by atoms with Crippen molar-refractivity contribution in [2.24, 2.45) is 0 Å². The molecule has 2 atom stereocenters. The van der Waals surface area contributed by atoms with Crippen molar-refractivity contribution in [3.63, 3.8) is 0 Å². The van der Waals surface area contributed by atoms with Gasteiger partial charge in [0, 0.05) is 31.4 Å². The first-order chi connectivity index (χ1) is 6.61. The molecule has 0 saturated heterocycles. The van der Waals surface area contributed by atoms with Crippen molar-refractivity contribution < 1.29 is 9.90 Å². The molecule has 0 fully saturated rings. The van der Waals surface area contributed by atoms with Crippen molar-refractivity contribution in [3.05, 3.63) is 24.3 Å². The van der Waals surface area contributed by atoms with Gasteiger partial charge in [0.1, 0.15) is 6.23 Å². The number of hydrogen-bond acceptors (Lipinski definition) is 4. The van der Waals surface area contributed by atoms with Gasteiger partial charge in [-0.2, -0.15) is 0 Å². The van der Waals surface area contributed by atoms with Crippen molar-refractivity contribution in [1.82, 2.24) is 15.3 Å². The largest absolute Gasteiger partial charge is 0.373 e. The normalized spacial score (nSPS) is 14.5. The maximum atomic E-state index is 10.7. The molecule has 0 bridgehead atoms. The summed E-state index contributed by atoms with van der Waals surface area (Å²) < 4.78 is 0. The molecule has 1 aromatic heterocycles. The summed E-state index contributed by atoms with van der Waals surface area (Å²) in [4.78, 5) is 18.6. The molecule has 1 aromatic rings. The van der Waals surface area contributed by atoms with Crippen LogP contribution in [-0.4, -0.2) is 27.2 Å². The van der Waals surface area contributed by atoms with Crippen LogP contribution in [0.15, 0.2) is 18.6 Å². The minimum Gasteiger partial charge on any atom is -0.373 e. The van der Waals surface area contributed by atoms with Gasteiger partial charge in [0.25, 0.3) is 0 Å². The minimum atomic E-state index is -0.927. The molecular formula is C9H13N3O2. The number of carbonyl (C=O) groups excluding carboxylic acids is 1. The average molecular weight is 195 g/mol. The molecule has 1 rings (SSSR count). The molecule has 2 N–H and O–H groups in total. The maximum absolute atomic E-state index is 10.7. The summed E-state index contributed by atoms with van der Waals surface area (Å²) in [7, 11) is 0. The highest BCUT2D eigenvalue weighted by Gasteiger charge is 2.17. The van der Waals surface area contributed by atoms with Crippen molar-refractivity contribution in [2.75, 3.05) is 0 Å². The highest BCUT2D eigenvalue weighted by atomic mass is 16.3. The predicted molar refractivity (Wildman–Crippen MR) is 50.3 cm³/mol. The summed E-state index contributed by atoms with van der Waals surface area (Å²) in [6, 6.07) is 0. The lowest BCUT2D eigenvalue weighted by molar-refractivity contribution is -0.122. The highest BCUT2D eigenvalue weighted by Crippen LogP contribution is 2.13. The molecule has 1 amide bonds. The van der Waals surface area contributed by atoms with Crippen LogP contribution in [0.25, 0.3) is 0 Å². The Morgan fingerprint density at radius 1 is 1.57 bits per heavy atom. The predicted octanol–water partition coefficient (Wildman–Crippen LogP) is 0.0346. The van der Waals surface area contributed by atoms with E-state index < -0.39 is 6.23 Å². The van der Waals surface area contributed by atoms with Crippen LogP contribution in [0, 0.1) is 0 Å². The lowest BCUT2D eigenvalue weighted by atomic mass is 10.1. The van der Waals surface area contributed by atoms with Gasteiger partial charge in [-0.1, -0.05) is 6.92 Å². The Kier molecular flexibility index (Phi) is 3.53. The number of hydrogen-bond donors (Lipinski definition) is 2. The Morgan fingerprint density at radius 3 is 2.79 bits per heavy atom. The van der Waals surface area contributed by atoms with Crippen LogP contribution in [0.5, 0.6) is 0 Å². The zero-order chi connectivity index (χ0) is 10.6. The Bertz CT molecular complexity index is 302. The van der Waals surface area contributed by atoms with E-state index in [4.69, 9.17) is 0 Å². The molecule has 0 unspecified atom stereocenters. The molecule has 0 saturated carbocycles. The first-order valence-electron chi connectivity index (χ1n) is 4.32. The van der Waals surface area contributed by atoms with E-state index in [1.165, 1.54) is 6.92 Å². The molecule has 0 aromatic carbocycles. The van der Waals surface area contributed by atoms with E-state index in [0.29, 0.717) is 5.69 Å². The van der Waals surface area contributed by atoms with Crippen molar-refractivity contribution in [3.8, 4) is 0 Å². The zero-order valence-corrected chi connectivity index (χ0v) is 8.14. The summed E-state index contributed by atoms with van der Waals surface area (Å²) in [6.07, 6.45) is 3.74. The van der Waals surface area contributed by atoms with E-state index in [0.717, 1.165) is 0 Å². The number of rotatable bonds is 3. The summed E-state index contributed by atoms with van der Waals surface area (Å²) in [5.74, 6) is -0.541. The maximum Gasteiger partial charge on any atom is 0.218 e. The SMILES string of the molecule is CC(=O)N[C@H](O)[C@@H](C)c1cnccn1. The molecule has 0 aliphatic heterocycles. The quantitative estimate of drug-likeness (QED) is 0.667. The smallest absolute Gasteiger partial charge is 0.218 e. The van der Waals surface area contributed by atoms with Crippen LogP contribution in [0.3, 0.4) is 0 Å². The number of aliphatic hydroxyl groups is 1. The summed E-state index contributed by atoms with van der Waals surface area (Å²) in [6.45, 7) is 3.12. The number of nitrogens with one attached hydrogen (secondary N) is 1. The summed E-state index contributed by atoms with van der Waals surface area (Å²) >= 11 is 0. The number of nitrogens with zero attached hydrogens (tertiary/aromatic N) is 2. The third-order valence-corrected chi connectivity index (χ3v) is 1.87. The molecule has 76 valence electrons. The fourth-order valence-electron chi connectivity index (χ4n) is 1.04. The number of carbonyl (C=O) groups is 1. The third kappa shape index (κ3) is 2.77. The van der Waals surface area contributed by atoms with Crippen LogP contribution >= 0.6 is 0 Å². The highest BCUT2D eigenvalue weighted by molar-refractivity contribution is 5.73. The molecule has 0 spiro atoms. The van der Waals surface area contributed by atoms with Crippen molar-refractivity contribution in [2.45, 2.75) is 26.0 Å². The fourth-order valence-corrected chi connectivity index (χ4v) is 1.04. The molecule has 5 heteroatoms. The van der Waals surface area contributed by atoms with E-state index >= 15 is 0 Å². The number of aliphatic hydroxyl groups excluding tert-OH is 1.